The van der Waals surface area contributed by atoms with E-state index in [4.69, 9.17) is 0 Å². The molecule has 2 aromatic heterocycles. The number of carbonyl (C=O) groups excluding carboxylic acids is 1. The van der Waals surface area contributed by atoms with Crippen LogP contribution >= 0.6 is 11.3 Å². The summed E-state index contributed by atoms with van der Waals surface area (Å²) in [7, 11) is 0. The van der Waals surface area contributed by atoms with Gasteiger partial charge in [-0.1, -0.05) is 20.8 Å². The van der Waals surface area contributed by atoms with Crippen LogP contribution in [0.15, 0.2) is 24.7 Å². The summed E-state index contributed by atoms with van der Waals surface area (Å²) in [5.41, 5.74) is 1.10. The van der Waals surface area contributed by atoms with E-state index < -0.39 is 0 Å². The van der Waals surface area contributed by atoms with Crippen LogP contribution < -0.4 is 0 Å². The SMILES string of the molecule is CC(C)(C)c1cn(-c2ccc(C=O)s2)cn1. The minimum atomic E-state index is 0.0516. The van der Waals surface area contributed by atoms with Gasteiger partial charge < -0.3 is 0 Å². The van der Waals surface area contributed by atoms with Gasteiger partial charge in [0.25, 0.3) is 0 Å². The van der Waals surface area contributed by atoms with Gasteiger partial charge in [0, 0.05) is 11.6 Å². The van der Waals surface area contributed by atoms with Crippen molar-refractivity contribution in [1.29, 1.82) is 0 Å². The zero-order valence-corrected chi connectivity index (χ0v) is 10.4. The van der Waals surface area contributed by atoms with Crippen LogP contribution in [0.1, 0.15) is 36.1 Å². The second-order valence-corrected chi connectivity index (χ2v) is 5.80. The van der Waals surface area contributed by atoms with E-state index >= 15 is 0 Å². The third-order valence-electron chi connectivity index (χ3n) is 2.33. The zero-order valence-electron chi connectivity index (χ0n) is 9.60. The largest absolute Gasteiger partial charge is 0.297 e. The molecule has 0 saturated carbocycles. The van der Waals surface area contributed by atoms with Crippen LogP contribution in [-0.4, -0.2) is 15.8 Å². The Morgan fingerprint density at radius 3 is 2.62 bits per heavy atom. The lowest BCUT2D eigenvalue weighted by Crippen LogP contribution is -2.11. The number of rotatable bonds is 2. The second kappa shape index (κ2) is 3.87. The molecule has 0 spiro atoms. The van der Waals surface area contributed by atoms with Crippen LogP contribution in [0.25, 0.3) is 5.00 Å². The van der Waals surface area contributed by atoms with Crippen molar-refractivity contribution in [2.24, 2.45) is 0 Å². The molecular weight excluding hydrogens is 220 g/mol. The molecular formula is C12H14N2OS. The molecule has 0 aliphatic rings. The molecule has 2 aromatic rings. The Labute approximate surface area is 98.8 Å². The molecule has 0 fully saturated rings. The van der Waals surface area contributed by atoms with Crippen LogP contribution in [0.2, 0.25) is 0 Å². The van der Waals surface area contributed by atoms with E-state index in [0.29, 0.717) is 0 Å². The van der Waals surface area contributed by atoms with Gasteiger partial charge in [-0.15, -0.1) is 11.3 Å². The van der Waals surface area contributed by atoms with Gasteiger partial charge in [0.1, 0.15) is 11.3 Å². The minimum Gasteiger partial charge on any atom is -0.297 e. The first-order valence-electron chi connectivity index (χ1n) is 5.10. The Hall–Kier alpha value is -1.42. The molecule has 0 aromatic carbocycles. The molecule has 4 heteroatoms. The maximum absolute atomic E-state index is 10.6. The monoisotopic (exact) mass is 234 g/mol. The quantitative estimate of drug-likeness (QED) is 0.748. The number of hydrogen-bond donors (Lipinski definition) is 0. The van der Waals surface area contributed by atoms with Crippen LogP contribution in [-0.2, 0) is 5.41 Å². The van der Waals surface area contributed by atoms with Crippen LogP contribution in [0.3, 0.4) is 0 Å². The van der Waals surface area contributed by atoms with E-state index in [9.17, 15) is 4.79 Å². The summed E-state index contributed by atoms with van der Waals surface area (Å²) in [6, 6.07) is 3.76. The molecule has 0 aliphatic carbocycles. The summed E-state index contributed by atoms with van der Waals surface area (Å²) in [5, 5.41) is 1.02. The average Bonchev–Trinajstić information content (AvgIpc) is 2.85. The van der Waals surface area contributed by atoms with Gasteiger partial charge in [0.05, 0.1) is 10.6 Å². The van der Waals surface area contributed by atoms with Gasteiger partial charge in [-0.25, -0.2) is 4.98 Å². The normalized spacial score (nSPS) is 11.7. The van der Waals surface area contributed by atoms with Crippen molar-refractivity contribution in [3.8, 4) is 5.00 Å². The maximum Gasteiger partial charge on any atom is 0.160 e. The Balaban J connectivity index is 2.35. The molecule has 0 bridgehead atoms. The van der Waals surface area contributed by atoms with E-state index in [1.54, 1.807) is 6.33 Å². The zero-order chi connectivity index (χ0) is 11.8. The maximum atomic E-state index is 10.6. The highest BCUT2D eigenvalue weighted by Gasteiger charge is 2.17. The van der Waals surface area contributed by atoms with Crippen LogP contribution in [0, 0.1) is 0 Å². The van der Waals surface area contributed by atoms with Crippen LogP contribution in [0.5, 0.6) is 0 Å². The summed E-state index contributed by atoms with van der Waals surface area (Å²) in [6.07, 6.45) is 4.68. The Morgan fingerprint density at radius 2 is 2.12 bits per heavy atom. The summed E-state index contributed by atoms with van der Waals surface area (Å²) in [4.78, 5) is 15.7. The highest BCUT2D eigenvalue weighted by molar-refractivity contribution is 7.16. The van der Waals surface area contributed by atoms with E-state index in [-0.39, 0.29) is 5.41 Å². The van der Waals surface area contributed by atoms with Crippen molar-refractivity contribution < 1.29 is 4.79 Å². The number of imidazole rings is 1. The lowest BCUT2D eigenvalue weighted by atomic mass is 9.93. The number of thiophene rings is 1. The molecule has 0 atom stereocenters. The van der Waals surface area contributed by atoms with Gasteiger partial charge in [-0.3, -0.25) is 9.36 Å². The van der Waals surface area contributed by atoms with Crippen molar-refractivity contribution in [1.82, 2.24) is 9.55 Å². The Kier molecular flexibility index (Phi) is 2.68. The third kappa shape index (κ3) is 2.07. The molecule has 84 valence electrons. The first-order valence-corrected chi connectivity index (χ1v) is 5.92. The molecule has 16 heavy (non-hydrogen) atoms. The number of nitrogens with zero attached hydrogens (tertiary/aromatic N) is 2. The predicted octanol–water partition coefficient (Wildman–Crippen LogP) is 3.04. The van der Waals surface area contributed by atoms with Crippen LogP contribution in [0.4, 0.5) is 0 Å². The molecule has 0 aliphatic heterocycles. The molecule has 0 unspecified atom stereocenters. The molecule has 3 nitrogen and oxygen atoms in total. The average molecular weight is 234 g/mol. The highest BCUT2D eigenvalue weighted by Crippen LogP contribution is 2.24. The topological polar surface area (TPSA) is 34.9 Å². The summed E-state index contributed by atoms with van der Waals surface area (Å²) in [6.45, 7) is 6.39. The lowest BCUT2D eigenvalue weighted by Gasteiger charge is -2.13. The van der Waals surface area contributed by atoms with E-state index in [0.717, 1.165) is 21.9 Å². The fourth-order valence-electron chi connectivity index (χ4n) is 1.37. The highest BCUT2D eigenvalue weighted by atomic mass is 32.1. The number of carbonyl (C=O) groups is 1. The standard InChI is InChI=1S/C12H14N2OS/c1-12(2,3)10-6-14(8-13-10)11-5-4-9(7-15)16-11/h4-8H,1-3H3. The molecule has 0 N–H and O–H groups in total. The summed E-state index contributed by atoms with van der Waals surface area (Å²) < 4.78 is 1.96. The van der Waals surface area contributed by atoms with Gasteiger partial charge in [-0.05, 0) is 12.1 Å². The Morgan fingerprint density at radius 1 is 1.38 bits per heavy atom. The van der Waals surface area contributed by atoms with E-state index in [1.165, 1.54) is 11.3 Å². The van der Waals surface area contributed by atoms with Crippen molar-refractivity contribution in [3.63, 3.8) is 0 Å². The molecule has 2 heterocycles. The van der Waals surface area contributed by atoms with Crippen molar-refractivity contribution in [2.45, 2.75) is 26.2 Å². The van der Waals surface area contributed by atoms with Crippen molar-refractivity contribution in [3.05, 3.63) is 35.2 Å². The fourth-order valence-corrected chi connectivity index (χ4v) is 2.14. The molecule has 0 saturated heterocycles. The number of hydrogen-bond acceptors (Lipinski definition) is 3. The minimum absolute atomic E-state index is 0.0516. The summed E-state index contributed by atoms with van der Waals surface area (Å²) >= 11 is 1.46. The van der Waals surface area contributed by atoms with E-state index in [2.05, 4.69) is 25.8 Å². The van der Waals surface area contributed by atoms with Gasteiger partial charge >= 0.3 is 0 Å². The van der Waals surface area contributed by atoms with Gasteiger partial charge in [0.15, 0.2) is 6.29 Å². The third-order valence-corrected chi connectivity index (χ3v) is 3.36. The van der Waals surface area contributed by atoms with E-state index in [1.807, 2.05) is 22.9 Å². The predicted molar refractivity (Wildman–Crippen MR) is 65.5 cm³/mol. The first-order chi connectivity index (χ1) is 7.50. The fraction of sp³-hybridized carbons (Fsp3) is 0.333. The number of aromatic nitrogens is 2. The lowest BCUT2D eigenvalue weighted by molar-refractivity contribution is 0.112. The molecule has 0 radical (unpaired) electrons. The van der Waals surface area contributed by atoms with Crippen molar-refractivity contribution >= 4 is 17.6 Å². The molecule has 2 rings (SSSR count). The van der Waals surface area contributed by atoms with Gasteiger partial charge in [0.2, 0.25) is 0 Å². The Bertz CT molecular complexity index is 505. The van der Waals surface area contributed by atoms with Gasteiger partial charge in [-0.2, -0.15) is 0 Å². The molecule has 0 amide bonds. The number of aldehydes is 1. The second-order valence-electron chi connectivity index (χ2n) is 4.71. The van der Waals surface area contributed by atoms with Crippen molar-refractivity contribution in [2.75, 3.05) is 0 Å². The smallest absolute Gasteiger partial charge is 0.160 e. The summed E-state index contributed by atoms with van der Waals surface area (Å²) in [5.74, 6) is 0. The first kappa shape index (κ1) is 11.1.